The molecule has 0 spiro atoms. The third-order valence-electron chi connectivity index (χ3n) is 4.99. The molecule has 3 aliphatic rings. The maximum Gasteiger partial charge on any atom is 0.336 e. The largest absolute Gasteiger partial charge is 0.343 e. The molecule has 29 heavy (non-hydrogen) atoms. The van der Waals surface area contributed by atoms with Gasteiger partial charge in [0.05, 0.1) is 6.61 Å². The molecule has 0 bridgehead atoms. The number of hydrogen-bond donors (Lipinski definition) is 1. The lowest BCUT2D eigenvalue weighted by Gasteiger charge is -2.40. The van der Waals surface area contributed by atoms with Crippen LogP contribution >= 0.6 is 0 Å². The van der Waals surface area contributed by atoms with Crippen LogP contribution in [0, 0.1) is 0 Å². The molecule has 162 valence electrons. The van der Waals surface area contributed by atoms with E-state index in [0.29, 0.717) is 0 Å². The van der Waals surface area contributed by atoms with Gasteiger partial charge in [-0.1, -0.05) is 30.3 Å². The summed E-state index contributed by atoms with van der Waals surface area (Å²) in [6.07, 6.45) is -1.51. The molecule has 1 aromatic carbocycles. The lowest BCUT2D eigenvalue weighted by Crippen LogP contribution is -2.60. The van der Waals surface area contributed by atoms with Crippen LogP contribution in [0.3, 0.4) is 0 Å². The lowest BCUT2D eigenvalue weighted by molar-refractivity contribution is -0.290. The maximum atomic E-state index is 12.4. The van der Waals surface area contributed by atoms with Crippen molar-refractivity contribution in [1.82, 2.24) is 4.72 Å². The first-order valence-corrected chi connectivity index (χ1v) is 11.0. The SMILES string of the molecule is CC1(C)O[C@@H]2[C@@H](CO[C@@]3(COS(=O)(=O)NCc4ccccc4)OC(C)(C)O[C@@H]23)O1. The Morgan fingerprint density at radius 1 is 1.07 bits per heavy atom. The molecule has 0 unspecified atom stereocenters. The highest BCUT2D eigenvalue weighted by molar-refractivity contribution is 7.84. The van der Waals surface area contributed by atoms with Crippen molar-refractivity contribution in [3.05, 3.63) is 35.9 Å². The Kier molecular flexibility index (Phi) is 5.28. The lowest BCUT2D eigenvalue weighted by atomic mass is 9.98. The Hall–Kier alpha value is -1.11. The minimum atomic E-state index is -4.04. The Morgan fingerprint density at radius 3 is 2.52 bits per heavy atom. The highest BCUT2D eigenvalue weighted by Crippen LogP contribution is 2.47. The average molecular weight is 429 g/mol. The standard InChI is InChI=1S/C19H27NO8S/c1-17(2)25-14-11-23-19(16(15(14)26-17)27-18(3,4)28-19)12-24-29(21,22)20-10-13-8-6-5-7-9-13/h5-9,14-16,20H,10-12H2,1-4H3/t14-,15-,16+,19+/m1/s1. The highest BCUT2D eigenvalue weighted by atomic mass is 32.2. The van der Waals surface area contributed by atoms with E-state index in [4.69, 9.17) is 27.9 Å². The van der Waals surface area contributed by atoms with Crippen LogP contribution in [0.2, 0.25) is 0 Å². The van der Waals surface area contributed by atoms with Gasteiger partial charge in [-0.15, -0.1) is 0 Å². The van der Waals surface area contributed by atoms with Crippen molar-refractivity contribution in [3.63, 3.8) is 0 Å². The summed E-state index contributed by atoms with van der Waals surface area (Å²) < 4.78 is 62.2. The molecule has 3 aliphatic heterocycles. The van der Waals surface area contributed by atoms with Crippen molar-refractivity contribution in [2.24, 2.45) is 0 Å². The first kappa shape index (κ1) is 21.1. The van der Waals surface area contributed by atoms with E-state index in [1.54, 1.807) is 13.8 Å². The van der Waals surface area contributed by atoms with Gasteiger partial charge in [0, 0.05) is 6.54 Å². The van der Waals surface area contributed by atoms with Crippen LogP contribution < -0.4 is 4.72 Å². The van der Waals surface area contributed by atoms with Crippen molar-refractivity contribution in [2.75, 3.05) is 13.2 Å². The average Bonchev–Trinajstić information content (AvgIpc) is 3.11. The van der Waals surface area contributed by atoms with E-state index in [9.17, 15) is 8.42 Å². The minimum Gasteiger partial charge on any atom is -0.343 e. The van der Waals surface area contributed by atoms with Crippen LogP contribution in [0.4, 0.5) is 0 Å². The second-order valence-corrected chi connectivity index (χ2v) is 9.76. The highest BCUT2D eigenvalue weighted by Gasteiger charge is 2.65. The molecule has 3 heterocycles. The molecule has 0 amide bonds. The zero-order valence-corrected chi connectivity index (χ0v) is 17.7. The molecule has 9 nitrogen and oxygen atoms in total. The summed E-state index contributed by atoms with van der Waals surface area (Å²) in [5.74, 6) is -3.22. The topological polar surface area (TPSA) is 102 Å². The number of benzene rings is 1. The molecule has 1 aromatic rings. The van der Waals surface area contributed by atoms with Gasteiger partial charge >= 0.3 is 10.3 Å². The normalized spacial score (nSPS) is 35.2. The van der Waals surface area contributed by atoms with Gasteiger partial charge in [-0.3, -0.25) is 4.18 Å². The summed E-state index contributed by atoms with van der Waals surface area (Å²) in [4.78, 5) is 0. The number of ether oxygens (including phenoxy) is 5. The molecule has 0 saturated carbocycles. The number of nitrogens with one attached hydrogen (secondary N) is 1. The van der Waals surface area contributed by atoms with E-state index >= 15 is 0 Å². The van der Waals surface area contributed by atoms with Crippen molar-refractivity contribution in [3.8, 4) is 0 Å². The fourth-order valence-electron chi connectivity index (χ4n) is 3.92. The second kappa shape index (κ2) is 7.24. The first-order chi connectivity index (χ1) is 13.5. The minimum absolute atomic E-state index is 0.110. The molecular weight excluding hydrogens is 402 g/mol. The molecule has 4 atom stereocenters. The van der Waals surface area contributed by atoms with Crippen molar-refractivity contribution in [1.29, 1.82) is 0 Å². The van der Waals surface area contributed by atoms with Gasteiger partial charge in [0.25, 0.3) is 0 Å². The van der Waals surface area contributed by atoms with Crippen molar-refractivity contribution in [2.45, 2.75) is 69.9 Å². The number of hydrogen-bond acceptors (Lipinski definition) is 8. The van der Waals surface area contributed by atoms with E-state index in [0.717, 1.165) is 5.56 Å². The Morgan fingerprint density at radius 2 is 1.79 bits per heavy atom. The van der Waals surface area contributed by atoms with Gasteiger partial charge < -0.3 is 23.7 Å². The Balaban J connectivity index is 1.46. The third-order valence-corrected chi connectivity index (χ3v) is 5.91. The fourth-order valence-corrected chi connectivity index (χ4v) is 4.66. The summed E-state index contributed by atoms with van der Waals surface area (Å²) >= 11 is 0. The summed E-state index contributed by atoms with van der Waals surface area (Å²) in [6, 6.07) is 9.15. The molecule has 4 rings (SSSR count). The van der Waals surface area contributed by atoms with E-state index in [-0.39, 0.29) is 25.9 Å². The molecule has 1 N–H and O–H groups in total. The van der Waals surface area contributed by atoms with Gasteiger partial charge in [0.15, 0.2) is 11.6 Å². The Bertz CT molecular complexity index is 843. The van der Waals surface area contributed by atoms with Crippen LogP contribution in [0.5, 0.6) is 0 Å². The van der Waals surface area contributed by atoms with Crippen LogP contribution in [0.1, 0.15) is 33.3 Å². The summed E-state index contributed by atoms with van der Waals surface area (Å²) in [5, 5.41) is 0. The quantitative estimate of drug-likeness (QED) is 0.725. The molecular formula is C19H27NO8S. The fraction of sp³-hybridized carbons (Fsp3) is 0.684. The summed E-state index contributed by atoms with van der Waals surface area (Å²) in [6.45, 7) is 6.98. The predicted octanol–water partition coefficient (Wildman–Crippen LogP) is 1.44. The van der Waals surface area contributed by atoms with Crippen molar-refractivity contribution >= 4 is 10.3 Å². The smallest absolute Gasteiger partial charge is 0.336 e. The zero-order chi connectivity index (χ0) is 20.9. The van der Waals surface area contributed by atoms with Gasteiger partial charge in [-0.25, -0.2) is 0 Å². The number of rotatable bonds is 6. The predicted molar refractivity (Wildman–Crippen MR) is 101 cm³/mol. The molecule has 0 aromatic heterocycles. The van der Waals surface area contributed by atoms with Crippen LogP contribution in [0.15, 0.2) is 30.3 Å². The molecule has 10 heteroatoms. The van der Waals surface area contributed by atoms with E-state index in [1.165, 1.54) is 0 Å². The third kappa shape index (κ3) is 4.49. The van der Waals surface area contributed by atoms with Crippen LogP contribution in [0.25, 0.3) is 0 Å². The van der Waals surface area contributed by atoms with Gasteiger partial charge in [0.2, 0.25) is 5.79 Å². The zero-order valence-electron chi connectivity index (χ0n) is 16.9. The van der Waals surface area contributed by atoms with Crippen LogP contribution in [-0.4, -0.2) is 57.3 Å². The van der Waals surface area contributed by atoms with Crippen molar-refractivity contribution < 1.29 is 36.3 Å². The van der Waals surface area contributed by atoms with Crippen LogP contribution in [-0.2, 0) is 44.7 Å². The maximum absolute atomic E-state index is 12.4. The van der Waals surface area contributed by atoms with E-state index in [1.807, 2.05) is 44.2 Å². The summed E-state index contributed by atoms with van der Waals surface area (Å²) in [5.41, 5.74) is 0.813. The second-order valence-electron chi connectivity index (χ2n) is 8.32. The Labute approximate surface area is 170 Å². The summed E-state index contributed by atoms with van der Waals surface area (Å²) in [7, 11) is -4.04. The first-order valence-electron chi connectivity index (χ1n) is 9.55. The number of fused-ring (bicyclic) bond motifs is 3. The van der Waals surface area contributed by atoms with Gasteiger partial charge in [0.1, 0.15) is 24.9 Å². The van der Waals surface area contributed by atoms with Gasteiger partial charge in [-0.2, -0.15) is 13.1 Å². The van der Waals surface area contributed by atoms with E-state index in [2.05, 4.69) is 4.72 Å². The molecule has 3 fully saturated rings. The monoisotopic (exact) mass is 429 g/mol. The molecule has 0 aliphatic carbocycles. The molecule has 0 radical (unpaired) electrons. The van der Waals surface area contributed by atoms with E-state index < -0.39 is 39.9 Å². The molecule has 3 saturated heterocycles. The van der Waals surface area contributed by atoms with Gasteiger partial charge in [-0.05, 0) is 33.3 Å².